The van der Waals surface area contributed by atoms with Crippen molar-refractivity contribution in [3.05, 3.63) is 10.5 Å². The van der Waals surface area contributed by atoms with E-state index in [1.807, 2.05) is 18.7 Å². The normalized spacial score (nSPS) is 28.3. The van der Waals surface area contributed by atoms with Crippen molar-refractivity contribution in [2.45, 2.75) is 89.2 Å². The molecule has 24 heavy (non-hydrogen) atoms. The van der Waals surface area contributed by atoms with Crippen molar-refractivity contribution >= 4 is 29.5 Å². The molecule has 2 nitrogen and oxygen atoms in total. The van der Waals surface area contributed by atoms with Crippen molar-refractivity contribution in [1.29, 1.82) is 0 Å². The molecule has 0 N–H and O–H groups in total. The molecule has 1 aliphatic carbocycles. The van der Waals surface area contributed by atoms with Crippen LogP contribution < -0.4 is 0 Å². The second kappa shape index (κ2) is 12.3. The molecule has 1 atom stereocenters. The summed E-state index contributed by atoms with van der Waals surface area (Å²) in [6, 6.07) is 0. The van der Waals surface area contributed by atoms with Crippen LogP contribution in [0.4, 0.5) is 0 Å². The molecule has 0 aromatic heterocycles. The van der Waals surface area contributed by atoms with Crippen molar-refractivity contribution in [1.82, 2.24) is 0 Å². The Hall–Kier alpha value is -0.0900. The SMILES string of the molecule is CCOC(=O)C1C/C2=C(/CCCCCCCCCC2)SCCCS1. The third-order valence-corrected chi connectivity index (χ3v) is 7.51. The number of carbonyl (C=O) groups excluding carboxylic acids is 1. The van der Waals surface area contributed by atoms with Crippen LogP contribution >= 0.6 is 23.5 Å². The largest absolute Gasteiger partial charge is 0.465 e. The molecule has 0 saturated heterocycles. The second-order valence-electron chi connectivity index (χ2n) is 6.87. The van der Waals surface area contributed by atoms with Gasteiger partial charge in [-0.25, -0.2) is 0 Å². The molecule has 2 rings (SSSR count). The maximum absolute atomic E-state index is 12.4. The maximum Gasteiger partial charge on any atom is 0.319 e. The molecule has 1 unspecified atom stereocenters. The molecular weight excluding hydrogens is 336 g/mol. The van der Waals surface area contributed by atoms with Crippen LogP contribution in [0.2, 0.25) is 0 Å². The Kier molecular flexibility index (Phi) is 10.4. The molecule has 0 bridgehead atoms. The predicted molar refractivity (Wildman–Crippen MR) is 108 cm³/mol. The van der Waals surface area contributed by atoms with E-state index >= 15 is 0 Å². The van der Waals surface area contributed by atoms with E-state index in [4.69, 9.17) is 4.74 Å². The fourth-order valence-electron chi connectivity index (χ4n) is 3.54. The highest BCUT2D eigenvalue weighted by Crippen LogP contribution is 2.36. The first-order chi connectivity index (χ1) is 11.8. The van der Waals surface area contributed by atoms with Crippen LogP contribution in [0.1, 0.15) is 84.0 Å². The fraction of sp³-hybridized carbons (Fsp3) is 0.850. The van der Waals surface area contributed by atoms with Gasteiger partial charge in [-0.1, -0.05) is 44.1 Å². The van der Waals surface area contributed by atoms with E-state index in [2.05, 4.69) is 11.8 Å². The fourth-order valence-corrected chi connectivity index (χ4v) is 6.05. The van der Waals surface area contributed by atoms with Gasteiger partial charge in [0.2, 0.25) is 0 Å². The van der Waals surface area contributed by atoms with E-state index in [9.17, 15) is 4.79 Å². The van der Waals surface area contributed by atoms with Gasteiger partial charge in [0.1, 0.15) is 5.25 Å². The molecule has 0 amide bonds. The average molecular weight is 371 g/mol. The van der Waals surface area contributed by atoms with Crippen molar-refractivity contribution < 1.29 is 9.53 Å². The van der Waals surface area contributed by atoms with Gasteiger partial charge in [-0.3, -0.25) is 4.79 Å². The van der Waals surface area contributed by atoms with Gasteiger partial charge in [-0.2, -0.15) is 0 Å². The van der Waals surface area contributed by atoms with Crippen LogP contribution in [0.3, 0.4) is 0 Å². The van der Waals surface area contributed by atoms with Crippen LogP contribution in [0.25, 0.3) is 0 Å². The van der Waals surface area contributed by atoms with Gasteiger partial charge < -0.3 is 4.74 Å². The van der Waals surface area contributed by atoms with Crippen LogP contribution in [0, 0.1) is 0 Å². The minimum Gasteiger partial charge on any atom is -0.465 e. The zero-order valence-electron chi connectivity index (χ0n) is 15.3. The van der Waals surface area contributed by atoms with Crippen molar-refractivity contribution in [3.8, 4) is 0 Å². The number of hydrogen-bond donors (Lipinski definition) is 0. The number of esters is 1. The third kappa shape index (κ3) is 7.43. The number of rotatable bonds is 2. The van der Waals surface area contributed by atoms with Gasteiger partial charge in [-0.15, -0.1) is 23.5 Å². The van der Waals surface area contributed by atoms with Gasteiger partial charge in [-0.05, 0) is 61.9 Å². The van der Waals surface area contributed by atoms with Crippen molar-refractivity contribution in [3.63, 3.8) is 0 Å². The second-order valence-corrected chi connectivity index (χ2v) is 9.37. The Morgan fingerprint density at radius 2 is 1.62 bits per heavy atom. The van der Waals surface area contributed by atoms with Crippen molar-refractivity contribution in [2.75, 3.05) is 18.1 Å². The van der Waals surface area contributed by atoms with Gasteiger partial charge in [0.15, 0.2) is 0 Å². The maximum atomic E-state index is 12.4. The lowest BCUT2D eigenvalue weighted by atomic mass is 9.97. The summed E-state index contributed by atoms with van der Waals surface area (Å²) in [6.07, 6.45) is 15.5. The molecule has 0 aromatic carbocycles. The molecule has 0 saturated carbocycles. The van der Waals surface area contributed by atoms with E-state index in [0.29, 0.717) is 6.61 Å². The van der Waals surface area contributed by atoms with Gasteiger partial charge >= 0.3 is 5.97 Å². The quantitative estimate of drug-likeness (QED) is 0.529. The summed E-state index contributed by atoms with van der Waals surface area (Å²) < 4.78 is 5.35. The minimum absolute atomic E-state index is 0.00682. The average Bonchev–Trinajstić information content (AvgIpc) is 2.66. The lowest BCUT2D eigenvalue weighted by Gasteiger charge is -2.19. The molecule has 138 valence electrons. The predicted octanol–water partition coefficient (Wildman–Crippen LogP) is 6.35. The Balaban J connectivity index is 2.11. The lowest BCUT2D eigenvalue weighted by Crippen LogP contribution is -2.21. The molecule has 0 aromatic rings. The molecule has 2 aliphatic rings. The monoisotopic (exact) mass is 370 g/mol. The number of hydrogen-bond acceptors (Lipinski definition) is 4. The molecule has 1 aliphatic heterocycles. The van der Waals surface area contributed by atoms with E-state index in [-0.39, 0.29) is 11.2 Å². The van der Waals surface area contributed by atoms with E-state index in [1.165, 1.54) is 76.4 Å². The third-order valence-electron chi connectivity index (χ3n) is 4.89. The van der Waals surface area contributed by atoms with Crippen LogP contribution in [-0.4, -0.2) is 29.3 Å². The summed E-state index contributed by atoms with van der Waals surface area (Å²) in [6.45, 7) is 2.41. The molecule has 0 spiro atoms. The number of thioether (sulfide) groups is 2. The summed E-state index contributed by atoms with van der Waals surface area (Å²) in [4.78, 5) is 14.0. The molecule has 4 heteroatoms. The summed E-state index contributed by atoms with van der Waals surface area (Å²) in [7, 11) is 0. The summed E-state index contributed by atoms with van der Waals surface area (Å²) in [5.74, 6) is 2.30. The Bertz CT molecular complexity index is 406. The standard InChI is InChI=1S/C20H34O2S2/c1-2-22-20(21)19-16-17-12-9-7-5-3-4-6-8-10-13-18(17)23-14-11-15-24-19/h19H,2-16H2,1H3/b18-17-. The topological polar surface area (TPSA) is 26.3 Å². The van der Waals surface area contributed by atoms with E-state index in [1.54, 1.807) is 10.5 Å². The van der Waals surface area contributed by atoms with Gasteiger partial charge in [0.25, 0.3) is 0 Å². The zero-order valence-corrected chi connectivity index (χ0v) is 16.9. The lowest BCUT2D eigenvalue weighted by molar-refractivity contribution is -0.142. The van der Waals surface area contributed by atoms with Crippen LogP contribution in [-0.2, 0) is 9.53 Å². The zero-order chi connectivity index (χ0) is 17.0. The van der Waals surface area contributed by atoms with Crippen LogP contribution in [0.5, 0.6) is 0 Å². The van der Waals surface area contributed by atoms with Gasteiger partial charge in [0.05, 0.1) is 6.61 Å². The van der Waals surface area contributed by atoms with E-state index < -0.39 is 0 Å². The molecule has 1 heterocycles. The Morgan fingerprint density at radius 1 is 0.958 bits per heavy atom. The van der Waals surface area contributed by atoms with Crippen molar-refractivity contribution in [2.24, 2.45) is 0 Å². The first-order valence-electron chi connectivity index (χ1n) is 9.93. The highest BCUT2D eigenvalue weighted by molar-refractivity contribution is 8.03. The Morgan fingerprint density at radius 3 is 2.33 bits per heavy atom. The van der Waals surface area contributed by atoms with E-state index in [0.717, 1.165) is 12.2 Å². The molecular formula is C20H34O2S2. The smallest absolute Gasteiger partial charge is 0.319 e. The molecule has 0 radical (unpaired) electrons. The highest BCUT2D eigenvalue weighted by atomic mass is 32.2. The number of ether oxygens (including phenoxy) is 1. The Labute approximate surface area is 156 Å². The summed E-state index contributed by atoms with van der Waals surface area (Å²) >= 11 is 3.91. The van der Waals surface area contributed by atoms with Crippen LogP contribution in [0.15, 0.2) is 10.5 Å². The summed E-state index contributed by atoms with van der Waals surface area (Å²) in [5, 5.41) is 0.0153. The molecule has 0 fully saturated rings. The number of allylic oxidation sites excluding steroid dienone is 2. The first kappa shape index (κ1) is 20.2. The first-order valence-corrected chi connectivity index (χ1v) is 12.0. The summed E-state index contributed by atoms with van der Waals surface area (Å²) in [5.41, 5.74) is 1.58. The minimum atomic E-state index is 0.00682. The number of carbonyl (C=O) groups is 1. The highest BCUT2D eigenvalue weighted by Gasteiger charge is 2.24. The van der Waals surface area contributed by atoms with Gasteiger partial charge in [0, 0.05) is 0 Å².